The van der Waals surface area contributed by atoms with Crippen LogP contribution in [0.2, 0.25) is 0 Å². The Labute approximate surface area is 108 Å². The van der Waals surface area contributed by atoms with Gasteiger partial charge in [0.1, 0.15) is 5.41 Å². The first-order valence-electron chi connectivity index (χ1n) is 6.33. The second-order valence-electron chi connectivity index (χ2n) is 4.95. The average molecular weight is 248 g/mol. The summed E-state index contributed by atoms with van der Waals surface area (Å²) in [5.41, 5.74) is 1.56. The summed E-state index contributed by atoms with van der Waals surface area (Å²) in [6.45, 7) is 2.04. The minimum absolute atomic E-state index is 0.0901. The molecule has 1 aliphatic carbocycles. The van der Waals surface area contributed by atoms with E-state index in [1.165, 1.54) is 12.7 Å². The van der Waals surface area contributed by atoms with Gasteiger partial charge in [0.25, 0.3) is 0 Å². The van der Waals surface area contributed by atoms with E-state index in [0.29, 0.717) is 0 Å². The van der Waals surface area contributed by atoms with Crippen molar-refractivity contribution in [3.8, 4) is 0 Å². The Kier molecular flexibility index (Phi) is 3.71. The van der Waals surface area contributed by atoms with Crippen molar-refractivity contribution >= 4 is 5.97 Å². The second kappa shape index (κ2) is 5.11. The Morgan fingerprint density at radius 1 is 1.28 bits per heavy atom. The van der Waals surface area contributed by atoms with E-state index < -0.39 is 5.41 Å². The van der Waals surface area contributed by atoms with Gasteiger partial charge < -0.3 is 9.47 Å². The highest BCUT2D eigenvalue weighted by molar-refractivity contribution is 5.84. The van der Waals surface area contributed by atoms with E-state index in [9.17, 15) is 4.79 Å². The van der Waals surface area contributed by atoms with Gasteiger partial charge in [-0.2, -0.15) is 0 Å². The van der Waals surface area contributed by atoms with Crippen LogP contribution in [0, 0.1) is 6.92 Å². The summed E-state index contributed by atoms with van der Waals surface area (Å²) in [6.07, 6.45) is 2.59. The number of aryl methyl sites for hydroxylation is 1. The second-order valence-corrected chi connectivity index (χ2v) is 4.95. The molecule has 2 rings (SSSR count). The third kappa shape index (κ3) is 1.93. The largest absolute Gasteiger partial charge is 0.468 e. The summed E-state index contributed by atoms with van der Waals surface area (Å²) in [6, 6.07) is 8.10. The van der Waals surface area contributed by atoms with Crippen LogP contribution in [-0.2, 0) is 19.7 Å². The molecule has 18 heavy (non-hydrogen) atoms. The maximum absolute atomic E-state index is 12.3. The van der Waals surface area contributed by atoms with Crippen LogP contribution in [0.1, 0.15) is 30.4 Å². The van der Waals surface area contributed by atoms with E-state index in [4.69, 9.17) is 9.47 Å². The van der Waals surface area contributed by atoms with Crippen molar-refractivity contribution in [1.82, 2.24) is 0 Å². The lowest BCUT2D eigenvalue weighted by Crippen LogP contribution is -2.44. The Hall–Kier alpha value is -1.35. The van der Waals surface area contributed by atoms with Gasteiger partial charge in [0.05, 0.1) is 13.2 Å². The summed E-state index contributed by atoms with van der Waals surface area (Å²) >= 11 is 0. The normalized spacial score (nSPS) is 27.2. The number of ether oxygens (including phenoxy) is 2. The summed E-state index contributed by atoms with van der Waals surface area (Å²) in [5, 5.41) is 0. The standard InChI is InChI=1S/C15H20O3/c1-11-6-8-12(9-7-11)15(14(16)18-3)10-4-5-13(15)17-2/h6-9,13H,4-5,10H2,1-3H3. The topological polar surface area (TPSA) is 35.5 Å². The molecule has 0 aromatic heterocycles. The summed E-state index contributed by atoms with van der Waals surface area (Å²) < 4.78 is 10.6. The van der Waals surface area contributed by atoms with Crippen molar-refractivity contribution in [3.63, 3.8) is 0 Å². The molecule has 0 saturated heterocycles. The first kappa shape index (κ1) is 13.1. The molecule has 1 aliphatic rings. The number of hydrogen-bond donors (Lipinski definition) is 0. The van der Waals surface area contributed by atoms with Crippen LogP contribution >= 0.6 is 0 Å². The molecule has 0 spiro atoms. The van der Waals surface area contributed by atoms with Gasteiger partial charge in [-0.1, -0.05) is 29.8 Å². The molecule has 1 aromatic carbocycles. The third-order valence-electron chi connectivity index (χ3n) is 3.99. The highest BCUT2D eigenvalue weighted by Crippen LogP contribution is 2.43. The summed E-state index contributed by atoms with van der Waals surface area (Å²) in [7, 11) is 3.12. The van der Waals surface area contributed by atoms with E-state index in [1.54, 1.807) is 7.11 Å². The van der Waals surface area contributed by atoms with E-state index in [1.807, 2.05) is 31.2 Å². The third-order valence-corrected chi connectivity index (χ3v) is 3.99. The molecule has 3 nitrogen and oxygen atoms in total. The van der Waals surface area contributed by atoms with Crippen LogP contribution < -0.4 is 0 Å². The van der Waals surface area contributed by atoms with Gasteiger partial charge >= 0.3 is 5.97 Å². The maximum atomic E-state index is 12.3. The predicted molar refractivity (Wildman–Crippen MR) is 69.5 cm³/mol. The van der Waals surface area contributed by atoms with Gasteiger partial charge in [-0.05, 0) is 31.7 Å². The van der Waals surface area contributed by atoms with E-state index in [0.717, 1.165) is 24.8 Å². The Morgan fingerprint density at radius 2 is 1.94 bits per heavy atom. The van der Waals surface area contributed by atoms with Gasteiger partial charge in [-0.15, -0.1) is 0 Å². The van der Waals surface area contributed by atoms with Crippen molar-refractivity contribution in [3.05, 3.63) is 35.4 Å². The van der Waals surface area contributed by atoms with Gasteiger partial charge in [-0.3, -0.25) is 4.79 Å². The van der Waals surface area contributed by atoms with Crippen molar-refractivity contribution in [2.45, 2.75) is 37.7 Å². The lowest BCUT2D eigenvalue weighted by Gasteiger charge is -2.32. The number of hydrogen-bond acceptors (Lipinski definition) is 3. The molecule has 0 amide bonds. The smallest absolute Gasteiger partial charge is 0.318 e. The van der Waals surface area contributed by atoms with Crippen LogP contribution in [0.5, 0.6) is 0 Å². The highest BCUT2D eigenvalue weighted by Gasteiger charge is 2.51. The molecular weight excluding hydrogens is 228 g/mol. The van der Waals surface area contributed by atoms with Gasteiger partial charge in [0.15, 0.2) is 0 Å². The fraction of sp³-hybridized carbons (Fsp3) is 0.533. The molecule has 0 aliphatic heterocycles. The molecule has 1 fully saturated rings. The number of benzene rings is 1. The van der Waals surface area contributed by atoms with Gasteiger partial charge in [-0.25, -0.2) is 0 Å². The predicted octanol–water partition coefficient (Wildman–Crippen LogP) is 2.60. The minimum Gasteiger partial charge on any atom is -0.468 e. The number of carbonyl (C=O) groups is 1. The average Bonchev–Trinajstić information content (AvgIpc) is 2.83. The molecular formula is C15H20O3. The van der Waals surface area contributed by atoms with E-state index in [-0.39, 0.29) is 12.1 Å². The molecule has 0 heterocycles. The monoisotopic (exact) mass is 248 g/mol. The van der Waals surface area contributed by atoms with Crippen LogP contribution in [0.3, 0.4) is 0 Å². The number of rotatable bonds is 3. The number of methoxy groups -OCH3 is 2. The molecule has 1 saturated carbocycles. The molecule has 1 aromatic rings. The van der Waals surface area contributed by atoms with Crippen LogP contribution in [0.25, 0.3) is 0 Å². The van der Waals surface area contributed by atoms with Crippen molar-refractivity contribution in [1.29, 1.82) is 0 Å². The van der Waals surface area contributed by atoms with Gasteiger partial charge in [0, 0.05) is 7.11 Å². The van der Waals surface area contributed by atoms with Crippen molar-refractivity contribution < 1.29 is 14.3 Å². The molecule has 0 radical (unpaired) electrons. The summed E-state index contributed by atoms with van der Waals surface area (Å²) in [4.78, 5) is 12.3. The van der Waals surface area contributed by atoms with Crippen LogP contribution in [-0.4, -0.2) is 26.3 Å². The lowest BCUT2D eigenvalue weighted by molar-refractivity contribution is -0.152. The Bertz CT molecular complexity index is 424. The molecule has 2 atom stereocenters. The number of esters is 1. The molecule has 0 N–H and O–H groups in total. The van der Waals surface area contributed by atoms with Crippen molar-refractivity contribution in [2.75, 3.05) is 14.2 Å². The fourth-order valence-corrected chi connectivity index (χ4v) is 3.01. The quantitative estimate of drug-likeness (QED) is 0.771. The minimum atomic E-state index is -0.628. The first-order chi connectivity index (χ1) is 8.65. The van der Waals surface area contributed by atoms with Crippen LogP contribution in [0.4, 0.5) is 0 Å². The highest BCUT2D eigenvalue weighted by atomic mass is 16.5. The van der Waals surface area contributed by atoms with E-state index in [2.05, 4.69) is 0 Å². The zero-order chi connectivity index (χ0) is 13.2. The lowest BCUT2D eigenvalue weighted by atomic mass is 9.77. The maximum Gasteiger partial charge on any atom is 0.318 e. The van der Waals surface area contributed by atoms with Gasteiger partial charge in [0.2, 0.25) is 0 Å². The number of carbonyl (C=O) groups excluding carboxylic acids is 1. The molecule has 3 heteroatoms. The van der Waals surface area contributed by atoms with Crippen LogP contribution in [0.15, 0.2) is 24.3 Å². The SMILES string of the molecule is COC(=O)C1(c2ccc(C)cc2)CCCC1OC. The molecule has 2 unspecified atom stereocenters. The Balaban J connectivity index is 2.48. The van der Waals surface area contributed by atoms with E-state index >= 15 is 0 Å². The Morgan fingerprint density at radius 3 is 2.50 bits per heavy atom. The van der Waals surface area contributed by atoms with Crippen molar-refractivity contribution in [2.24, 2.45) is 0 Å². The molecule has 98 valence electrons. The zero-order valence-corrected chi connectivity index (χ0v) is 11.2. The summed E-state index contributed by atoms with van der Waals surface area (Å²) in [5.74, 6) is -0.185. The zero-order valence-electron chi connectivity index (χ0n) is 11.2. The fourth-order valence-electron chi connectivity index (χ4n) is 3.01. The first-order valence-corrected chi connectivity index (χ1v) is 6.33. The molecule has 0 bridgehead atoms.